The van der Waals surface area contributed by atoms with Crippen molar-refractivity contribution < 1.29 is 9.90 Å². The lowest BCUT2D eigenvalue weighted by Gasteiger charge is -2.43. The van der Waals surface area contributed by atoms with Crippen LogP contribution >= 0.6 is 0 Å². The van der Waals surface area contributed by atoms with Crippen molar-refractivity contribution in [1.82, 2.24) is 9.80 Å². The number of aliphatic hydroxyl groups excluding tert-OH is 1. The maximum absolute atomic E-state index is 12.8. The van der Waals surface area contributed by atoms with Crippen molar-refractivity contribution in [2.45, 2.75) is 38.1 Å². The molecule has 1 spiro atoms. The second-order valence-corrected chi connectivity index (χ2v) is 8.24. The number of likely N-dealkylation sites (tertiary alicyclic amines) is 2. The number of hydrogen-bond acceptors (Lipinski definition) is 4. The summed E-state index contributed by atoms with van der Waals surface area (Å²) in [6.07, 6.45) is 5.86. The summed E-state index contributed by atoms with van der Waals surface area (Å²) >= 11 is 0. The van der Waals surface area contributed by atoms with E-state index >= 15 is 0 Å². The van der Waals surface area contributed by atoms with Crippen molar-refractivity contribution in [2.24, 2.45) is 11.3 Å². The Labute approximate surface area is 155 Å². The number of carbonyl (C=O) groups excluding carboxylic acids is 1. The van der Waals surface area contributed by atoms with Crippen LogP contribution in [0.1, 0.15) is 48.0 Å². The minimum atomic E-state index is 0.0198. The highest BCUT2D eigenvalue weighted by molar-refractivity contribution is 5.94. The Hall–Kier alpha value is -1.90. The lowest BCUT2D eigenvalue weighted by Crippen LogP contribution is -2.47. The van der Waals surface area contributed by atoms with Crippen molar-refractivity contribution in [1.29, 1.82) is 5.26 Å². The van der Waals surface area contributed by atoms with Crippen LogP contribution in [-0.2, 0) is 0 Å². The maximum Gasteiger partial charge on any atom is 0.253 e. The Morgan fingerprint density at radius 1 is 1.31 bits per heavy atom. The molecule has 4 rings (SSSR count). The van der Waals surface area contributed by atoms with E-state index in [1.165, 1.54) is 19.3 Å². The van der Waals surface area contributed by atoms with E-state index in [1.807, 2.05) is 4.90 Å². The van der Waals surface area contributed by atoms with E-state index in [-0.39, 0.29) is 17.9 Å². The molecule has 1 N–H and O–H groups in total. The number of rotatable bonds is 3. The number of nitrogens with zero attached hydrogens (tertiary/aromatic N) is 3. The third-order valence-corrected chi connectivity index (χ3v) is 6.94. The molecule has 2 heterocycles. The molecule has 26 heavy (non-hydrogen) atoms. The number of nitriles is 1. The van der Waals surface area contributed by atoms with Gasteiger partial charge in [0.05, 0.1) is 11.6 Å². The largest absolute Gasteiger partial charge is 0.396 e. The average Bonchev–Trinajstić information content (AvgIpc) is 2.97. The van der Waals surface area contributed by atoms with E-state index < -0.39 is 0 Å². The number of aliphatic hydroxyl groups is 1. The van der Waals surface area contributed by atoms with Gasteiger partial charge in [-0.2, -0.15) is 5.26 Å². The predicted octanol–water partition coefficient (Wildman–Crippen LogP) is 2.26. The smallest absolute Gasteiger partial charge is 0.253 e. The Bertz CT molecular complexity index is 714. The van der Waals surface area contributed by atoms with E-state index in [4.69, 9.17) is 5.26 Å². The Balaban J connectivity index is 1.43. The summed E-state index contributed by atoms with van der Waals surface area (Å²) in [6.45, 7) is 3.82. The molecule has 1 amide bonds. The Kier molecular flexibility index (Phi) is 4.73. The summed E-state index contributed by atoms with van der Waals surface area (Å²) in [6, 6.07) is 9.78. The molecular formula is C21H27N3O2. The van der Waals surface area contributed by atoms with E-state index in [0.717, 1.165) is 45.1 Å². The molecule has 1 atom stereocenters. The molecule has 3 aliphatic rings. The first kappa shape index (κ1) is 17.5. The number of piperidine rings is 1. The minimum Gasteiger partial charge on any atom is -0.396 e. The average molecular weight is 353 g/mol. The molecule has 1 saturated carbocycles. The molecule has 0 bridgehead atoms. The molecule has 0 radical (unpaired) electrons. The van der Waals surface area contributed by atoms with E-state index in [0.29, 0.717) is 17.0 Å². The quantitative estimate of drug-likeness (QED) is 0.905. The van der Waals surface area contributed by atoms with Crippen LogP contribution < -0.4 is 0 Å². The SMILES string of the molecule is N#Cc1cccc(C(=O)N2CCC3(CC2)CN(C2CCC2)CC3CO)c1. The summed E-state index contributed by atoms with van der Waals surface area (Å²) in [5, 5.41) is 19.0. The fourth-order valence-corrected chi connectivity index (χ4v) is 4.98. The number of benzene rings is 1. The standard InChI is InChI=1S/C21H27N3O2/c22-12-16-3-1-4-17(11-16)20(26)23-9-7-21(8-10-23)15-24(13-18(21)14-25)19-5-2-6-19/h1,3-4,11,18-19,25H,2,5-10,13-15H2. The number of carbonyl (C=O) groups is 1. The first-order chi connectivity index (χ1) is 12.6. The van der Waals surface area contributed by atoms with Gasteiger partial charge in [0, 0.05) is 50.3 Å². The van der Waals surface area contributed by atoms with Crippen LogP contribution in [0.2, 0.25) is 0 Å². The lowest BCUT2D eigenvalue weighted by molar-refractivity contribution is 0.0385. The number of hydrogen-bond donors (Lipinski definition) is 1. The van der Waals surface area contributed by atoms with Gasteiger partial charge >= 0.3 is 0 Å². The van der Waals surface area contributed by atoms with E-state index in [2.05, 4.69) is 11.0 Å². The van der Waals surface area contributed by atoms with Crippen LogP contribution in [0.15, 0.2) is 24.3 Å². The zero-order valence-corrected chi connectivity index (χ0v) is 15.2. The molecule has 1 aromatic rings. The highest BCUT2D eigenvalue weighted by Crippen LogP contribution is 2.46. The van der Waals surface area contributed by atoms with Gasteiger partial charge < -0.3 is 10.0 Å². The molecule has 1 unspecified atom stereocenters. The molecule has 2 saturated heterocycles. The zero-order chi connectivity index (χ0) is 18.1. The highest BCUT2D eigenvalue weighted by atomic mass is 16.3. The molecular weight excluding hydrogens is 326 g/mol. The summed E-state index contributed by atoms with van der Waals surface area (Å²) in [4.78, 5) is 17.3. The Morgan fingerprint density at radius 2 is 2.08 bits per heavy atom. The summed E-state index contributed by atoms with van der Waals surface area (Å²) < 4.78 is 0. The van der Waals surface area contributed by atoms with Gasteiger partial charge in [-0.15, -0.1) is 0 Å². The van der Waals surface area contributed by atoms with Crippen molar-refractivity contribution >= 4 is 5.91 Å². The third-order valence-electron chi connectivity index (χ3n) is 6.94. The van der Waals surface area contributed by atoms with Gasteiger partial charge in [0.2, 0.25) is 0 Å². The summed E-state index contributed by atoms with van der Waals surface area (Å²) in [7, 11) is 0. The lowest BCUT2D eigenvalue weighted by atomic mass is 9.71. The molecule has 3 fully saturated rings. The second kappa shape index (κ2) is 7.02. The van der Waals surface area contributed by atoms with Gasteiger partial charge in [0.25, 0.3) is 5.91 Å². The van der Waals surface area contributed by atoms with Crippen LogP contribution in [0, 0.1) is 22.7 Å². The third kappa shape index (κ3) is 3.02. The molecule has 5 nitrogen and oxygen atoms in total. The normalized spacial score (nSPS) is 25.8. The van der Waals surface area contributed by atoms with Crippen molar-refractivity contribution in [2.75, 3.05) is 32.8 Å². The fraction of sp³-hybridized carbons (Fsp3) is 0.619. The van der Waals surface area contributed by atoms with Crippen LogP contribution in [0.25, 0.3) is 0 Å². The van der Waals surface area contributed by atoms with Crippen LogP contribution in [0.3, 0.4) is 0 Å². The predicted molar refractivity (Wildman–Crippen MR) is 98.5 cm³/mol. The van der Waals surface area contributed by atoms with Crippen molar-refractivity contribution in [3.05, 3.63) is 35.4 Å². The monoisotopic (exact) mass is 353 g/mol. The minimum absolute atomic E-state index is 0.0198. The molecule has 1 aromatic carbocycles. The molecule has 1 aliphatic carbocycles. The van der Waals surface area contributed by atoms with Crippen molar-refractivity contribution in [3.63, 3.8) is 0 Å². The maximum atomic E-state index is 12.8. The topological polar surface area (TPSA) is 67.6 Å². The summed E-state index contributed by atoms with van der Waals surface area (Å²) in [5.41, 5.74) is 1.29. The van der Waals surface area contributed by atoms with Crippen LogP contribution in [0.5, 0.6) is 0 Å². The zero-order valence-electron chi connectivity index (χ0n) is 15.2. The fourth-order valence-electron chi connectivity index (χ4n) is 4.98. The van der Waals surface area contributed by atoms with Gasteiger partial charge in [-0.05, 0) is 49.3 Å². The second-order valence-electron chi connectivity index (χ2n) is 8.24. The molecule has 5 heteroatoms. The van der Waals surface area contributed by atoms with Crippen LogP contribution in [0.4, 0.5) is 0 Å². The van der Waals surface area contributed by atoms with Gasteiger partial charge in [-0.3, -0.25) is 9.69 Å². The Morgan fingerprint density at radius 3 is 2.69 bits per heavy atom. The van der Waals surface area contributed by atoms with Gasteiger partial charge in [0.1, 0.15) is 0 Å². The van der Waals surface area contributed by atoms with Crippen LogP contribution in [-0.4, -0.2) is 59.6 Å². The van der Waals surface area contributed by atoms with Gasteiger partial charge in [0.15, 0.2) is 0 Å². The van der Waals surface area contributed by atoms with E-state index in [9.17, 15) is 9.90 Å². The van der Waals surface area contributed by atoms with Crippen molar-refractivity contribution in [3.8, 4) is 6.07 Å². The molecule has 0 aromatic heterocycles. The number of amides is 1. The molecule has 138 valence electrons. The molecule has 2 aliphatic heterocycles. The van der Waals surface area contributed by atoms with Gasteiger partial charge in [-0.25, -0.2) is 0 Å². The first-order valence-electron chi connectivity index (χ1n) is 9.79. The first-order valence-corrected chi connectivity index (χ1v) is 9.79. The summed E-state index contributed by atoms with van der Waals surface area (Å²) in [5.74, 6) is 0.355. The highest BCUT2D eigenvalue weighted by Gasteiger charge is 2.49. The van der Waals surface area contributed by atoms with E-state index in [1.54, 1.807) is 24.3 Å². The van der Waals surface area contributed by atoms with Gasteiger partial charge in [-0.1, -0.05) is 12.5 Å².